The summed E-state index contributed by atoms with van der Waals surface area (Å²) in [5.74, 6) is -0.414. The second kappa shape index (κ2) is 3.18. The van der Waals surface area contributed by atoms with E-state index in [9.17, 15) is 4.79 Å². The second-order valence-corrected chi connectivity index (χ2v) is 2.56. The van der Waals surface area contributed by atoms with E-state index in [2.05, 4.69) is 4.98 Å². The van der Waals surface area contributed by atoms with Crippen molar-refractivity contribution in [1.29, 1.82) is 0 Å². The quantitative estimate of drug-likeness (QED) is 0.664. The summed E-state index contributed by atoms with van der Waals surface area (Å²) in [6.45, 7) is 2.40. The summed E-state index contributed by atoms with van der Waals surface area (Å²) in [4.78, 5) is 14.5. The van der Waals surface area contributed by atoms with Crippen LogP contribution in [0.3, 0.4) is 0 Å². The molecule has 0 radical (unpaired) electrons. The largest absolute Gasteiger partial charge is 0.369 e. The van der Waals surface area contributed by atoms with Gasteiger partial charge in [0, 0.05) is 18.9 Å². The van der Waals surface area contributed by atoms with E-state index < -0.39 is 0 Å². The Morgan fingerprint density at radius 3 is 3.00 bits per heavy atom. The van der Waals surface area contributed by atoms with Crippen LogP contribution >= 0.6 is 0 Å². The third-order valence-corrected chi connectivity index (χ3v) is 1.53. The van der Waals surface area contributed by atoms with Crippen LogP contribution in [-0.2, 0) is 11.3 Å². The highest BCUT2D eigenvalue weighted by molar-refractivity contribution is 5.76. The number of aromatic nitrogens is 2. The molecule has 0 fully saturated rings. The fourth-order valence-electron chi connectivity index (χ4n) is 0.801. The number of nitrogens with two attached hydrogens (primary N) is 1. The van der Waals surface area contributed by atoms with Crippen LogP contribution in [0.5, 0.6) is 0 Å². The van der Waals surface area contributed by atoms with Crippen molar-refractivity contribution < 1.29 is 4.79 Å². The van der Waals surface area contributed by atoms with E-state index >= 15 is 0 Å². The monoisotopic (exact) mass is 153 g/mol. The molecule has 0 saturated heterocycles. The number of hydrogen-bond acceptors (Lipinski definition) is 2. The minimum absolute atomic E-state index is 0.135. The van der Waals surface area contributed by atoms with Crippen molar-refractivity contribution in [3.8, 4) is 0 Å². The molecule has 11 heavy (non-hydrogen) atoms. The van der Waals surface area contributed by atoms with Crippen LogP contribution in [0, 0.1) is 5.92 Å². The summed E-state index contributed by atoms with van der Waals surface area (Å²) in [6.07, 6.45) is 5.15. The first-order valence-corrected chi connectivity index (χ1v) is 3.45. The van der Waals surface area contributed by atoms with E-state index in [0.717, 1.165) is 0 Å². The van der Waals surface area contributed by atoms with Gasteiger partial charge in [0.25, 0.3) is 0 Å². The van der Waals surface area contributed by atoms with Crippen molar-refractivity contribution in [2.24, 2.45) is 11.7 Å². The lowest BCUT2D eigenvalue weighted by molar-refractivity contribution is -0.121. The highest BCUT2D eigenvalue weighted by Gasteiger charge is 2.07. The fourth-order valence-corrected chi connectivity index (χ4v) is 0.801. The maximum absolute atomic E-state index is 10.6. The summed E-state index contributed by atoms with van der Waals surface area (Å²) in [5.41, 5.74) is 5.08. The van der Waals surface area contributed by atoms with Crippen molar-refractivity contribution in [2.75, 3.05) is 0 Å². The summed E-state index contributed by atoms with van der Waals surface area (Å²) >= 11 is 0. The maximum atomic E-state index is 10.6. The van der Waals surface area contributed by atoms with Gasteiger partial charge < -0.3 is 10.3 Å². The Bertz CT molecular complexity index is 230. The lowest BCUT2D eigenvalue weighted by Gasteiger charge is -2.06. The molecule has 0 aliphatic rings. The highest BCUT2D eigenvalue weighted by Crippen LogP contribution is 1.97. The van der Waals surface area contributed by atoms with Crippen molar-refractivity contribution in [3.05, 3.63) is 18.7 Å². The molecule has 2 N–H and O–H groups in total. The molecule has 1 heterocycles. The van der Waals surface area contributed by atoms with Gasteiger partial charge in [-0.3, -0.25) is 4.79 Å². The second-order valence-electron chi connectivity index (χ2n) is 2.56. The van der Waals surface area contributed by atoms with Gasteiger partial charge in [-0.15, -0.1) is 0 Å². The molecule has 1 aromatic rings. The van der Waals surface area contributed by atoms with Crippen molar-refractivity contribution in [2.45, 2.75) is 13.5 Å². The van der Waals surface area contributed by atoms with Gasteiger partial charge in [0.05, 0.1) is 12.2 Å². The predicted molar refractivity (Wildman–Crippen MR) is 40.6 cm³/mol. The van der Waals surface area contributed by atoms with Crippen LogP contribution < -0.4 is 5.73 Å². The van der Waals surface area contributed by atoms with Gasteiger partial charge in [-0.1, -0.05) is 6.92 Å². The molecule has 0 spiro atoms. The average Bonchev–Trinajstić information content (AvgIpc) is 2.39. The van der Waals surface area contributed by atoms with Gasteiger partial charge in [-0.2, -0.15) is 0 Å². The first-order valence-electron chi connectivity index (χ1n) is 3.45. The minimum Gasteiger partial charge on any atom is -0.369 e. The zero-order valence-electron chi connectivity index (χ0n) is 6.40. The first kappa shape index (κ1) is 7.78. The van der Waals surface area contributed by atoms with E-state index in [1.165, 1.54) is 0 Å². The number of imidazole rings is 1. The number of amides is 1. The van der Waals surface area contributed by atoms with Crippen LogP contribution in [-0.4, -0.2) is 15.5 Å². The lowest BCUT2D eigenvalue weighted by Crippen LogP contribution is -2.24. The Kier molecular flexibility index (Phi) is 2.25. The Morgan fingerprint density at radius 2 is 2.55 bits per heavy atom. The standard InChI is InChI=1S/C7H11N3O/c1-6(7(8)11)4-10-3-2-9-5-10/h2-3,5-6H,4H2,1H3,(H2,8,11). The fraction of sp³-hybridized carbons (Fsp3) is 0.429. The van der Waals surface area contributed by atoms with E-state index in [-0.39, 0.29) is 11.8 Å². The maximum Gasteiger partial charge on any atom is 0.222 e. The molecular weight excluding hydrogens is 142 g/mol. The molecule has 1 amide bonds. The molecule has 1 rings (SSSR count). The number of primary amides is 1. The Morgan fingerprint density at radius 1 is 1.82 bits per heavy atom. The normalized spacial score (nSPS) is 12.8. The van der Waals surface area contributed by atoms with Gasteiger partial charge in [0.15, 0.2) is 0 Å². The Hall–Kier alpha value is -1.32. The van der Waals surface area contributed by atoms with E-state index in [4.69, 9.17) is 5.73 Å². The van der Waals surface area contributed by atoms with Gasteiger partial charge in [0.1, 0.15) is 0 Å². The van der Waals surface area contributed by atoms with Crippen LogP contribution in [0.25, 0.3) is 0 Å². The zero-order valence-corrected chi connectivity index (χ0v) is 6.40. The van der Waals surface area contributed by atoms with E-state index in [0.29, 0.717) is 6.54 Å². The predicted octanol–water partition coefficient (Wildman–Crippen LogP) is 0.00450. The number of carbonyl (C=O) groups is 1. The van der Waals surface area contributed by atoms with Gasteiger partial charge >= 0.3 is 0 Å². The van der Waals surface area contributed by atoms with Crippen LogP contribution in [0.15, 0.2) is 18.7 Å². The third-order valence-electron chi connectivity index (χ3n) is 1.53. The zero-order chi connectivity index (χ0) is 8.27. The topological polar surface area (TPSA) is 60.9 Å². The molecule has 4 heteroatoms. The van der Waals surface area contributed by atoms with Gasteiger partial charge in [0.2, 0.25) is 5.91 Å². The molecule has 1 atom stereocenters. The van der Waals surface area contributed by atoms with Gasteiger partial charge in [-0.05, 0) is 0 Å². The molecule has 0 aliphatic heterocycles. The molecule has 0 bridgehead atoms. The van der Waals surface area contributed by atoms with Crippen LogP contribution in [0.2, 0.25) is 0 Å². The first-order chi connectivity index (χ1) is 5.20. The van der Waals surface area contributed by atoms with E-state index in [1.54, 1.807) is 25.6 Å². The summed E-state index contributed by atoms with van der Waals surface area (Å²) in [6, 6.07) is 0. The summed E-state index contributed by atoms with van der Waals surface area (Å²) < 4.78 is 1.83. The average molecular weight is 153 g/mol. The molecular formula is C7H11N3O. The molecule has 0 aliphatic carbocycles. The molecule has 1 aromatic heterocycles. The smallest absolute Gasteiger partial charge is 0.222 e. The van der Waals surface area contributed by atoms with Crippen molar-refractivity contribution in [1.82, 2.24) is 9.55 Å². The number of rotatable bonds is 3. The molecule has 0 aromatic carbocycles. The summed E-state index contributed by atoms with van der Waals surface area (Å²) in [5, 5.41) is 0. The molecule has 1 unspecified atom stereocenters. The van der Waals surface area contributed by atoms with E-state index in [1.807, 2.05) is 4.57 Å². The Balaban J connectivity index is 2.50. The Labute approximate surface area is 65.0 Å². The van der Waals surface area contributed by atoms with Crippen molar-refractivity contribution >= 4 is 5.91 Å². The van der Waals surface area contributed by atoms with Crippen molar-refractivity contribution in [3.63, 3.8) is 0 Å². The van der Waals surface area contributed by atoms with Crippen LogP contribution in [0.4, 0.5) is 0 Å². The lowest BCUT2D eigenvalue weighted by atomic mass is 10.2. The molecule has 4 nitrogen and oxygen atoms in total. The SMILES string of the molecule is CC(Cn1ccnc1)C(N)=O. The van der Waals surface area contributed by atoms with Crippen LogP contribution in [0.1, 0.15) is 6.92 Å². The summed E-state index contributed by atoms with van der Waals surface area (Å²) in [7, 11) is 0. The molecule has 0 saturated carbocycles. The molecule has 60 valence electrons. The number of nitrogens with zero attached hydrogens (tertiary/aromatic N) is 2. The number of hydrogen-bond donors (Lipinski definition) is 1. The highest BCUT2D eigenvalue weighted by atomic mass is 16.1. The number of carbonyl (C=O) groups excluding carboxylic acids is 1. The minimum atomic E-state index is -0.279. The third kappa shape index (κ3) is 2.07. The van der Waals surface area contributed by atoms with Gasteiger partial charge in [-0.25, -0.2) is 4.98 Å².